The van der Waals surface area contributed by atoms with Gasteiger partial charge in [0.15, 0.2) is 5.60 Å². The van der Waals surface area contributed by atoms with Crippen molar-refractivity contribution in [3.8, 4) is 0 Å². The molecule has 1 aliphatic heterocycles. The number of likely N-dealkylation sites (tertiary alicyclic amines) is 1. The summed E-state index contributed by atoms with van der Waals surface area (Å²) in [5.74, 6) is -2.65. The van der Waals surface area contributed by atoms with Gasteiger partial charge in [-0.1, -0.05) is 12.8 Å². The Kier molecular flexibility index (Phi) is 5.58. The Morgan fingerprint density at radius 2 is 2.00 bits per heavy atom. The highest BCUT2D eigenvalue weighted by atomic mass is 19.4. The van der Waals surface area contributed by atoms with E-state index in [0.29, 0.717) is 25.9 Å². The molecule has 2 rings (SSSR count). The van der Waals surface area contributed by atoms with E-state index in [0.717, 1.165) is 6.42 Å². The average molecular weight is 339 g/mol. The first-order chi connectivity index (χ1) is 10.6. The molecule has 4 atom stereocenters. The van der Waals surface area contributed by atoms with E-state index >= 15 is 0 Å². The van der Waals surface area contributed by atoms with Crippen LogP contribution in [0.25, 0.3) is 0 Å². The van der Waals surface area contributed by atoms with Crippen LogP contribution < -0.4 is 0 Å². The molecular formula is C15H24F3NO4. The maximum absolute atomic E-state index is 12.8. The zero-order chi connectivity index (χ0) is 17.3. The van der Waals surface area contributed by atoms with Crippen LogP contribution in [0.3, 0.4) is 0 Å². The first-order valence-corrected chi connectivity index (χ1v) is 8.06. The minimum atomic E-state index is -4.13. The van der Waals surface area contributed by atoms with Gasteiger partial charge >= 0.3 is 12.1 Å². The molecule has 2 fully saturated rings. The monoisotopic (exact) mass is 339 g/mol. The van der Waals surface area contributed by atoms with Crippen LogP contribution in [0.2, 0.25) is 0 Å². The molecule has 0 aromatic carbocycles. The average Bonchev–Trinajstić information content (AvgIpc) is 2.48. The van der Waals surface area contributed by atoms with E-state index in [1.807, 2.05) is 4.90 Å². The molecule has 1 aliphatic carbocycles. The summed E-state index contributed by atoms with van der Waals surface area (Å²) in [5.41, 5.74) is -2.12. The van der Waals surface area contributed by atoms with Crippen molar-refractivity contribution in [2.75, 3.05) is 19.6 Å². The van der Waals surface area contributed by atoms with E-state index in [-0.39, 0.29) is 31.7 Å². The van der Waals surface area contributed by atoms with Gasteiger partial charge in [-0.05, 0) is 31.7 Å². The molecule has 2 unspecified atom stereocenters. The number of aliphatic hydroxyl groups is 2. The smallest absolute Gasteiger partial charge is 0.391 e. The standard InChI is InChI=1S/C15H24F3NO4/c16-15(17,18)11-3-1-2-10(8-11)4-6-19-7-5-14(23,13(21)22)12(20)9-19/h10-12,20,23H,1-9H2,(H,21,22)/t10?,11?,12-,14+/m1/s1. The summed E-state index contributed by atoms with van der Waals surface area (Å²) in [7, 11) is 0. The van der Waals surface area contributed by atoms with E-state index in [1.165, 1.54) is 0 Å². The molecular weight excluding hydrogens is 315 g/mol. The molecule has 3 N–H and O–H groups in total. The lowest BCUT2D eigenvalue weighted by atomic mass is 9.79. The fraction of sp³-hybridized carbons (Fsp3) is 0.933. The fourth-order valence-electron chi connectivity index (χ4n) is 3.65. The van der Waals surface area contributed by atoms with E-state index < -0.39 is 29.8 Å². The van der Waals surface area contributed by atoms with Gasteiger partial charge in [0.25, 0.3) is 0 Å². The van der Waals surface area contributed by atoms with Crippen LogP contribution in [0.5, 0.6) is 0 Å². The highest BCUT2D eigenvalue weighted by Crippen LogP contribution is 2.41. The lowest BCUT2D eigenvalue weighted by Crippen LogP contribution is -2.59. The third-order valence-corrected chi connectivity index (χ3v) is 5.26. The topological polar surface area (TPSA) is 81.0 Å². The zero-order valence-electron chi connectivity index (χ0n) is 12.9. The fourth-order valence-corrected chi connectivity index (χ4v) is 3.65. The SMILES string of the molecule is O=C(O)[C@]1(O)CCN(CCC2CCCC(C(F)(F)F)C2)C[C@H]1O. The molecule has 1 saturated heterocycles. The van der Waals surface area contributed by atoms with Crippen LogP contribution in [0.4, 0.5) is 13.2 Å². The molecule has 1 saturated carbocycles. The van der Waals surface area contributed by atoms with Gasteiger partial charge in [-0.2, -0.15) is 13.2 Å². The van der Waals surface area contributed by atoms with Gasteiger partial charge < -0.3 is 20.2 Å². The molecule has 0 bridgehead atoms. The van der Waals surface area contributed by atoms with Gasteiger partial charge in [0.1, 0.15) is 6.10 Å². The molecule has 1 heterocycles. The van der Waals surface area contributed by atoms with E-state index in [1.54, 1.807) is 0 Å². The summed E-state index contributed by atoms with van der Waals surface area (Å²) < 4.78 is 38.4. The zero-order valence-corrected chi connectivity index (χ0v) is 12.9. The van der Waals surface area contributed by atoms with Crippen LogP contribution in [-0.2, 0) is 4.79 Å². The summed E-state index contributed by atoms with van der Waals surface area (Å²) in [4.78, 5) is 12.8. The normalized spacial score (nSPS) is 36.8. The number of nitrogens with zero attached hydrogens (tertiary/aromatic N) is 1. The Hall–Kier alpha value is -0.860. The maximum Gasteiger partial charge on any atom is 0.391 e. The van der Waals surface area contributed by atoms with Crippen LogP contribution in [0, 0.1) is 11.8 Å². The van der Waals surface area contributed by atoms with Crippen LogP contribution in [0.1, 0.15) is 38.5 Å². The second-order valence-electron chi connectivity index (χ2n) is 6.86. The number of carboxylic acid groups (broad SMARTS) is 1. The van der Waals surface area contributed by atoms with Crippen molar-refractivity contribution in [2.24, 2.45) is 11.8 Å². The Morgan fingerprint density at radius 3 is 2.57 bits per heavy atom. The Balaban J connectivity index is 1.80. The van der Waals surface area contributed by atoms with Gasteiger partial charge in [-0.3, -0.25) is 0 Å². The second kappa shape index (κ2) is 6.94. The number of hydrogen-bond acceptors (Lipinski definition) is 4. The summed E-state index contributed by atoms with van der Waals surface area (Å²) in [6.07, 6.45) is -3.28. The van der Waals surface area contributed by atoms with Crippen molar-refractivity contribution in [3.63, 3.8) is 0 Å². The summed E-state index contributed by atoms with van der Waals surface area (Å²) in [5, 5.41) is 28.7. The molecule has 0 amide bonds. The molecule has 0 spiro atoms. The molecule has 0 aromatic heterocycles. The number of halogens is 3. The number of carbonyl (C=O) groups is 1. The van der Waals surface area contributed by atoms with Crippen molar-refractivity contribution >= 4 is 5.97 Å². The largest absolute Gasteiger partial charge is 0.479 e. The number of aliphatic hydroxyl groups excluding tert-OH is 1. The molecule has 134 valence electrons. The number of carboxylic acids is 1. The molecule has 23 heavy (non-hydrogen) atoms. The van der Waals surface area contributed by atoms with Crippen molar-refractivity contribution in [3.05, 3.63) is 0 Å². The third-order valence-electron chi connectivity index (χ3n) is 5.26. The minimum absolute atomic E-state index is 0.00722. The van der Waals surface area contributed by atoms with E-state index in [2.05, 4.69) is 0 Å². The van der Waals surface area contributed by atoms with Gasteiger partial charge in [-0.25, -0.2) is 4.79 Å². The van der Waals surface area contributed by atoms with Crippen molar-refractivity contribution in [2.45, 2.75) is 56.4 Å². The highest BCUT2D eigenvalue weighted by molar-refractivity contribution is 5.78. The third kappa shape index (κ3) is 4.36. The first kappa shape index (κ1) is 18.5. The van der Waals surface area contributed by atoms with Crippen molar-refractivity contribution in [1.82, 2.24) is 4.90 Å². The maximum atomic E-state index is 12.8. The molecule has 0 aromatic rings. The number of hydrogen-bond donors (Lipinski definition) is 3. The predicted molar refractivity (Wildman–Crippen MR) is 75.8 cm³/mol. The Morgan fingerprint density at radius 1 is 1.30 bits per heavy atom. The minimum Gasteiger partial charge on any atom is -0.479 e. The summed E-state index contributed by atoms with van der Waals surface area (Å²) in [6, 6.07) is 0. The van der Waals surface area contributed by atoms with Gasteiger partial charge in [0.2, 0.25) is 0 Å². The Labute approximate surface area is 133 Å². The molecule has 2 aliphatic rings. The van der Waals surface area contributed by atoms with Gasteiger partial charge in [-0.15, -0.1) is 0 Å². The summed E-state index contributed by atoms with van der Waals surface area (Å²) >= 11 is 0. The number of alkyl halides is 3. The summed E-state index contributed by atoms with van der Waals surface area (Å²) in [6.45, 7) is 0.857. The number of β-amino-alcohol motifs (C(OH)–C–C–N with tert-alkyl or cyclic N) is 1. The van der Waals surface area contributed by atoms with Gasteiger partial charge in [0.05, 0.1) is 5.92 Å². The lowest BCUT2D eigenvalue weighted by Gasteiger charge is -2.40. The van der Waals surface area contributed by atoms with Crippen LogP contribution >= 0.6 is 0 Å². The van der Waals surface area contributed by atoms with Crippen LogP contribution in [0.15, 0.2) is 0 Å². The predicted octanol–water partition coefficient (Wildman–Crippen LogP) is 1.63. The van der Waals surface area contributed by atoms with Crippen molar-refractivity contribution < 1.29 is 33.3 Å². The molecule has 8 heteroatoms. The quantitative estimate of drug-likeness (QED) is 0.725. The lowest BCUT2D eigenvalue weighted by molar-refractivity contribution is -0.186. The second-order valence-corrected chi connectivity index (χ2v) is 6.86. The Bertz CT molecular complexity index is 431. The van der Waals surface area contributed by atoms with Gasteiger partial charge in [0, 0.05) is 19.5 Å². The van der Waals surface area contributed by atoms with E-state index in [4.69, 9.17) is 5.11 Å². The van der Waals surface area contributed by atoms with E-state index in [9.17, 15) is 28.2 Å². The van der Waals surface area contributed by atoms with Crippen molar-refractivity contribution in [1.29, 1.82) is 0 Å². The number of piperidine rings is 1. The number of aliphatic carboxylic acids is 1. The molecule has 5 nitrogen and oxygen atoms in total. The number of rotatable bonds is 4. The van der Waals surface area contributed by atoms with Crippen LogP contribution in [-0.4, -0.2) is 63.7 Å². The first-order valence-electron chi connectivity index (χ1n) is 8.06. The molecule has 0 radical (unpaired) electrons. The highest BCUT2D eigenvalue weighted by Gasteiger charge is 2.47.